The Morgan fingerprint density at radius 2 is 2.15 bits per heavy atom. The van der Waals surface area contributed by atoms with Crippen molar-refractivity contribution in [2.75, 3.05) is 7.11 Å². The zero-order valence-electron chi connectivity index (χ0n) is 8.15. The summed E-state index contributed by atoms with van der Waals surface area (Å²) in [5, 5.41) is 0. The largest absolute Gasteiger partial charge is 0.481 e. The molecule has 1 heterocycles. The van der Waals surface area contributed by atoms with Gasteiger partial charge >= 0.3 is 7.48 Å². The Morgan fingerprint density at radius 1 is 1.38 bits per heavy atom. The van der Waals surface area contributed by atoms with E-state index >= 15 is 0 Å². The number of methoxy groups -OCH3 is 1. The second kappa shape index (κ2) is 4.87. The van der Waals surface area contributed by atoms with E-state index in [0.717, 1.165) is 5.46 Å². The molecule has 0 aliphatic rings. The van der Waals surface area contributed by atoms with Crippen LogP contribution >= 0.6 is 0 Å². The highest BCUT2D eigenvalue weighted by Crippen LogP contribution is 1.99. The van der Waals surface area contributed by atoms with Crippen LogP contribution in [0.15, 0.2) is 18.3 Å². The first-order valence-corrected chi connectivity index (χ1v) is 4.21. The Labute approximate surface area is 79.4 Å². The van der Waals surface area contributed by atoms with Crippen LogP contribution in [-0.2, 0) is 4.65 Å². The van der Waals surface area contributed by atoms with Crippen LogP contribution in [0.5, 0.6) is 5.88 Å². The monoisotopic (exact) mass is 178 g/mol. The summed E-state index contributed by atoms with van der Waals surface area (Å²) in [5.74, 6) is 0.613. The number of hydrogen-bond donors (Lipinski definition) is 0. The van der Waals surface area contributed by atoms with Crippen LogP contribution < -0.4 is 10.2 Å². The van der Waals surface area contributed by atoms with Gasteiger partial charge in [-0.25, -0.2) is 4.98 Å². The van der Waals surface area contributed by atoms with Crippen molar-refractivity contribution < 1.29 is 9.39 Å². The summed E-state index contributed by atoms with van der Waals surface area (Å²) in [6.45, 7) is 3.96. The molecule has 0 fully saturated rings. The van der Waals surface area contributed by atoms with E-state index in [2.05, 4.69) is 4.98 Å². The molecule has 69 valence electrons. The average Bonchev–Trinajstić information content (AvgIpc) is 2.15. The third kappa shape index (κ3) is 3.46. The molecule has 4 heteroatoms. The molecule has 0 atom stereocenters. The molecular weight excluding hydrogens is 165 g/mol. The normalized spacial score (nSPS) is 10.2. The highest BCUT2D eigenvalue weighted by atomic mass is 16.5. The fraction of sp³-hybridized carbons (Fsp3) is 0.444. The highest BCUT2D eigenvalue weighted by Gasteiger charge is 2.00. The van der Waals surface area contributed by atoms with Gasteiger partial charge in [0.1, 0.15) is 0 Å². The van der Waals surface area contributed by atoms with Crippen molar-refractivity contribution in [3.05, 3.63) is 18.3 Å². The second-order valence-corrected chi connectivity index (χ2v) is 2.94. The van der Waals surface area contributed by atoms with E-state index in [-0.39, 0.29) is 6.10 Å². The first kappa shape index (κ1) is 10.1. The maximum absolute atomic E-state index is 5.30. The van der Waals surface area contributed by atoms with Gasteiger partial charge in [0, 0.05) is 12.3 Å². The van der Waals surface area contributed by atoms with E-state index in [1.807, 2.05) is 19.9 Å². The van der Waals surface area contributed by atoms with Gasteiger partial charge < -0.3 is 9.39 Å². The maximum atomic E-state index is 5.30. The number of nitrogens with zero attached hydrogens (tertiary/aromatic N) is 1. The Kier molecular flexibility index (Phi) is 3.77. The highest BCUT2D eigenvalue weighted by molar-refractivity contribution is 6.46. The van der Waals surface area contributed by atoms with Crippen molar-refractivity contribution in [2.24, 2.45) is 0 Å². The predicted octanol–water partition coefficient (Wildman–Crippen LogP) is 0.760. The summed E-state index contributed by atoms with van der Waals surface area (Å²) < 4.78 is 10.2. The molecule has 1 aromatic rings. The van der Waals surface area contributed by atoms with E-state index in [0.29, 0.717) is 5.88 Å². The summed E-state index contributed by atoms with van der Waals surface area (Å²) in [6, 6.07) is 3.70. The van der Waals surface area contributed by atoms with E-state index in [9.17, 15) is 0 Å². The molecule has 0 unspecified atom stereocenters. The van der Waals surface area contributed by atoms with Gasteiger partial charge in [0.15, 0.2) is 0 Å². The Morgan fingerprint density at radius 3 is 2.62 bits per heavy atom. The second-order valence-electron chi connectivity index (χ2n) is 2.94. The topological polar surface area (TPSA) is 31.4 Å². The molecular formula is C9H13BNO2. The molecule has 0 spiro atoms. The lowest BCUT2D eigenvalue weighted by molar-refractivity contribution is 0.260. The number of hydrogen-bond acceptors (Lipinski definition) is 3. The van der Waals surface area contributed by atoms with Crippen LogP contribution in [0.1, 0.15) is 13.8 Å². The van der Waals surface area contributed by atoms with Crippen molar-refractivity contribution >= 4 is 12.9 Å². The number of rotatable bonds is 4. The minimum absolute atomic E-state index is 0.196. The molecule has 0 amide bonds. The lowest BCUT2D eigenvalue weighted by atomic mass is 9.89. The summed E-state index contributed by atoms with van der Waals surface area (Å²) in [6.07, 6.45) is 1.91. The number of pyridine rings is 1. The van der Waals surface area contributed by atoms with Gasteiger partial charge in [0.2, 0.25) is 5.88 Å². The third-order valence-corrected chi connectivity index (χ3v) is 1.44. The van der Waals surface area contributed by atoms with Gasteiger partial charge in [-0.2, -0.15) is 0 Å². The standard InChI is InChI=1S/C9H13BNO2/c1-7(2)13-10-8-4-5-9(12-3)11-6-8/h4-7H,1-3H3. The third-order valence-electron chi connectivity index (χ3n) is 1.44. The molecule has 3 nitrogen and oxygen atoms in total. The lowest BCUT2D eigenvalue weighted by Crippen LogP contribution is -2.21. The SMILES string of the molecule is COc1ccc([B]OC(C)C)cn1. The molecule has 0 aromatic carbocycles. The first-order valence-electron chi connectivity index (χ1n) is 4.21. The van der Waals surface area contributed by atoms with E-state index in [1.165, 1.54) is 0 Å². The van der Waals surface area contributed by atoms with Crippen molar-refractivity contribution in [3.8, 4) is 5.88 Å². The van der Waals surface area contributed by atoms with E-state index in [1.54, 1.807) is 26.9 Å². The van der Waals surface area contributed by atoms with Crippen LogP contribution in [0.2, 0.25) is 0 Å². The minimum atomic E-state index is 0.196. The zero-order chi connectivity index (χ0) is 9.68. The van der Waals surface area contributed by atoms with Crippen LogP contribution in [-0.4, -0.2) is 25.7 Å². The first-order chi connectivity index (χ1) is 6.22. The van der Waals surface area contributed by atoms with Crippen LogP contribution in [0.3, 0.4) is 0 Å². The molecule has 1 aromatic heterocycles. The smallest absolute Gasteiger partial charge is 0.331 e. The molecule has 0 N–H and O–H groups in total. The Balaban J connectivity index is 2.49. The van der Waals surface area contributed by atoms with Crippen molar-refractivity contribution in [1.82, 2.24) is 4.98 Å². The molecule has 1 rings (SSSR count). The Bertz CT molecular complexity index is 248. The fourth-order valence-electron chi connectivity index (χ4n) is 0.797. The van der Waals surface area contributed by atoms with Crippen molar-refractivity contribution in [1.29, 1.82) is 0 Å². The van der Waals surface area contributed by atoms with Gasteiger partial charge in [-0.1, -0.05) is 6.07 Å². The molecule has 0 saturated carbocycles. The van der Waals surface area contributed by atoms with Crippen LogP contribution in [0.4, 0.5) is 0 Å². The molecule has 0 saturated heterocycles. The quantitative estimate of drug-likeness (QED) is 0.637. The predicted molar refractivity (Wildman–Crippen MR) is 52.4 cm³/mol. The lowest BCUT2D eigenvalue weighted by Gasteiger charge is -2.05. The minimum Gasteiger partial charge on any atom is -0.481 e. The molecule has 0 aliphatic carbocycles. The van der Waals surface area contributed by atoms with Gasteiger partial charge in [0.25, 0.3) is 0 Å². The van der Waals surface area contributed by atoms with Crippen molar-refractivity contribution in [3.63, 3.8) is 0 Å². The number of aromatic nitrogens is 1. The van der Waals surface area contributed by atoms with Gasteiger partial charge in [-0.15, -0.1) is 0 Å². The van der Waals surface area contributed by atoms with Crippen LogP contribution in [0.25, 0.3) is 0 Å². The van der Waals surface area contributed by atoms with Crippen LogP contribution in [0, 0.1) is 0 Å². The molecule has 0 bridgehead atoms. The van der Waals surface area contributed by atoms with Gasteiger partial charge in [-0.3, -0.25) is 0 Å². The Hall–Kier alpha value is -1.03. The summed E-state index contributed by atoms with van der Waals surface area (Å²) in [4.78, 5) is 4.04. The van der Waals surface area contributed by atoms with Crippen molar-refractivity contribution in [2.45, 2.75) is 20.0 Å². The van der Waals surface area contributed by atoms with E-state index in [4.69, 9.17) is 9.39 Å². The summed E-state index contributed by atoms with van der Waals surface area (Å²) in [5.41, 5.74) is 0.939. The molecule has 13 heavy (non-hydrogen) atoms. The summed E-state index contributed by atoms with van der Waals surface area (Å²) >= 11 is 0. The van der Waals surface area contributed by atoms with Gasteiger partial charge in [-0.05, 0) is 25.4 Å². The molecule has 1 radical (unpaired) electrons. The summed E-state index contributed by atoms with van der Waals surface area (Å²) in [7, 11) is 3.29. The zero-order valence-corrected chi connectivity index (χ0v) is 8.15. The maximum Gasteiger partial charge on any atom is 0.331 e. The average molecular weight is 178 g/mol. The molecule has 0 aliphatic heterocycles. The van der Waals surface area contributed by atoms with E-state index < -0.39 is 0 Å². The van der Waals surface area contributed by atoms with Gasteiger partial charge in [0.05, 0.1) is 7.11 Å². The number of ether oxygens (including phenoxy) is 1. The fourth-order valence-corrected chi connectivity index (χ4v) is 0.797.